The molecule has 0 aromatic heterocycles. The van der Waals surface area contributed by atoms with Crippen molar-refractivity contribution < 1.29 is 9.84 Å². The number of nitrogens with zero attached hydrogens (tertiary/aromatic N) is 1. The maximum atomic E-state index is 8.72. The van der Waals surface area contributed by atoms with E-state index in [1.807, 2.05) is 0 Å². The fraction of sp³-hybridized carbons (Fsp3) is 1.00. The van der Waals surface area contributed by atoms with E-state index in [-0.39, 0.29) is 6.61 Å². The number of aliphatic hydroxyl groups is 1. The molecule has 0 spiro atoms. The van der Waals surface area contributed by atoms with E-state index in [1.54, 1.807) is 7.11 Å². The Hall–Kier alpha value is -0.120. The lowest BCUT2D eigenvalue weighted by Gasteiger charge is -2.25. The molecular weight excluding hydrogens is 166 g/mol. The lowest BCUT2D eigenvalue weighted by molar-refractivity contribution is 0.150. The zero-order valence-corrected chi connectivity index (χ0v) is 9.12. The van der Waals surface area contributed by atoms with Crippen LogP contribution in [0.3, 0.4) is 0 Å². The molecule has 0 aliphatic rings. The van der Waals surface area contributed by atoms with Crippen LogP contribution in [0, 0.1) is 0 Å². The Morgan fingerprint density at radius 2 is 1.85 bits per heavy atom. The summed E-state index contributed by atoms with van der Waals surface area (Å²) >= 11 is 0. The topological polar surface area (TPSA) is 32.7 Å². The van der Waals surface area contributed by atoms with Crippen molar-refractivity contribution >= 4 is 0 Å². The fourth-order valence-corrected chi connectivity index (χ4v) is 1.31. The van der Waals surface area contributed by atoms with Gasteiger partial charge in [-0.2, -0.15) is 0 Å². The van der Waals surface area contributed by atoms with Gasteiger partial charge in [0.05, 0.1) is 0 Å². The van der Waals surface area contributed by atoms with Crippen LogP contribution in [0.15, 0.2) is 0 Å². The van der Waals surface area contributed by atoms with E-state index >= 15 is 0 Å². The summed E-state index contributed by atoms with van der Waals surface area (Å²) in [6.45, 7) is 7.52. The molecule has 0 aliphatic carbocycles. The zero-order valence-electron chi connectivity index (χ0n) is 9.12. The number of hydrogen-bond acceptors (Lipinski definition) is 3. The summed E-state index contributed by atoms with van der Waals surface area (Å²) in [5.41, 5.74) is 0. The molecule has 0 rings (SSSR count). The summed E-state index contributed by atoms with van der Waals surface area (Å²) < 4.78 is 5.00. The molecule has 0 aromatic rings. The van der Waals surface area contributed by atoms with Gasteiger partial charge in [0.1, 0.15) is 0 Å². The van der Waals surface area contributed by atoms with Gasteiger partial charge in [-0.25, -0.2) is 0 Å². The average molecular weight is 189 g/mol. The summed E-state index contributed by atoms with van der Waals surface area (Å²) in [5.74, 6) is 0. The summed E-state index contributed by atoms with van der Waals surface area (Å²) in [5, 5.41) is 8.72. The number of hydrogen-bond donors (Lipinski definition) is 1. The number of aliphatic hydroxyl groups excluding tert-OH is 1. The van der Waals surface area contributed by atoms with Gasteiger partial charge in [-0.15, -0.1) is 0 Å². The van der Waals surface area contributed by atoms with Crippen molar-refractivity contribution in [2.24, 2.45) is 0 Å². The molecule has 0 bridgehead atoms. The number of rotatable bonds is 8. The van der Waals surface area contributed by atoms with Crippen LogP contribution < -0.4 is 0 Å². The first kappa shape index (κ1) is 12.9. The van der Waals surface area contributed by atoms with Crippen molar-refractivity contribution in [1.29, 1.82) is 0 Å². The van der Waals surface area contributed by atoms with Crippen molar-refractivity contribution in [3.8, 4) is 0 Å². The van der Waals surface area contributed by atoms with Crippen LogP contribution >= 0.6 is 0 Å². The first-order valence-corrected chi connectivity index (χ1v) is 5.06. The van der Waals surface area contributed by atoms with Gasteiger partial charge in [0.2, 0.25) is 0 Å². The minimum atomic E-state index is 0.285. The Morgan fingerprint density at radius 3 is 2.31 bits per heavy atom. The molecule has 80 valence electrons. The van der Waals surface area contributed by atoms with E-state index in [2.05, 4.69) is 18.7 Å². The second-order valence-corrected chi connectivity index (χ2v) is 3.55. The van der Waals surface area contributed by atoms with Gasteiger partial charge in [-0.1, -0.05) is 0 Å². The minimum absolute atomic E-state index is 0.285. The van der Waals surface area contributed by atoms with Gasteiger partial charge in [-0.3, -0.25) is 0 Å². The standard InChI is InChI=1S/C10H23NO2/c1-10(2)11(6-4-8-12)7-5-9-13-3/h10,12H,4-9H2,1-3H3. The van der Waals surface area contributed by atoms with Crippen LogP contribution in [-0.4, -0.2) is 49.5 Å². The van der Waals surface area contributed by atoms with Crippen molar-refractivity contribution in [2.75, 3.05) is 33.4 Å². The second kappa shape index (κ2) is 8.48. The van der Waals surface area contributed by atoms with Crippen molar-refractivity contribution in [2.45, 2.75) is 32.7 Å². The maximum absolute atomic E-state index is 8.72. The van der Waals surface area contributed by atoms with Crippen molar-refractivity contribution in [1.82, 2.24) is 4.90 Å². The fourth-order valence-electron chi connectivity index (χ4n) is 1.31. The smallest absolute Gasteiger partial charge is 0.0474 e. The zero-order chi connectivity index (χ0) is 10.1. The molecule has 13 heavy (non-hydrogen) atoms. The molecule has 1 N–H and O–H groups in total. The van der Waals surface area contributed by atoms with E-state index in [4.69, 9.17) is 9.84 Å². The molecule has 0 atom stereocenters. The van der Waals surface area contributed by atoms with E-state index in [9.17, 15) is 0 Å². The van der Waals surface area contributed by atoms with Crippen LogP contribution in [-0.2, 0) is 4.74 Å². The van der Waals surface area contributed by atoms with E-state index in [0.29, 0.717) is 6.04 Å². The maximum Gasteiger partial charge on any atom is 0.0474 e. The highest BCUT2D eigenvalue weighted by molar-refractivity contribution is 4.62. The lowest BCUT2D eigenvalue weighted by atomic mass is 10.2. The Morgan fingerprint density at radius 1 is 1.23 bits per heavy atom. The monoisotopic (exact) mass is 189 g/mol. The molecule has 3 heteroatoms. The molecule has 0 amide bonds. The van der Waals surface area contributed by atoms with Gasteiger partial charge >= 0.3 is 0 Å². The SMILES string of the molecule is COCCCN(CCCO)C(C)C. The first-order valence-electron chi connectivity index (χ1n) is 5.06. The number of ether oxygens (including phenoxy) is 1. The third-order valence-corrected chi connectivity index (χ3v) is 2.13. The second-order valence-electron chi connectivity index (χ2n) is 3.55. The van der Waals surface area contributed by atoms with E-state index in [1.165, 1.54) is 0 Å². The molecule has 0 fully saturated rings. The van der Waals surface area contributed by atoms with Crippen LogP contribution in [0.2, 0.25) is 0 Å². The molecule has 0 aromatic carbocycles. The van der Waals surface area contributed by atoms with Gasteiger partial charge < -0.3 is 14.7 Å². The highest BCUT2D eigenvalue weighted by Crippen LogP contribution is 2.00. The highest BCUT2D eigenvalue weighted by Gasteiger charge is 2.07. The Labute approximate surface area is 81.7 Å². The van der Waals surface area contributed by atoms with Crippen molar-refractivity contribution in [3.05, 3.63) is 0 Å². The van der Waals surface area contributed by atoms with Gasteiger partial charge in [0.15, 0.2) is 0 Å². The van der Waals surface area contributed by atoms with Crippen LogP contribution in [0.25, 0.3) is 0 Å². The highest BCUT2D eigenvalue weighted by atomic mass is 16.5. The van der Waals surface area contributed by atoms with Gasteiger partial charge in [-0.05, 0) is 26.7 Å². The third-order valence-electron chi connectivity index (χ3n) is 2.13. The lowest BCUT2D eigenvalue weighted by Crippen LogP contribution is -2.33. The predicted molar refractivity (Wildman–Crippen MR) is 54.9 cm³/mol. The molecular formula is C10H23NO2. The molecule has 0 aliphatic heterocycles. The third kappa shape index (κ3) is 6.99. The first-order chi connectivity index (χ1) is 6.22. The summed E-state index contributed by atoms with van der Waals surface area (Å²) in [6.07, 6.45) is 1.94. The Balaban J connectivity index is 3.54. The van der Waals surface area contributed by atoms with Crippen LogP contribution in [0.5, 0.6) is 0 Å². The number of methoxy groups -OCH3 is 1. The van der Waals surface area contributed by atoms with Crippen molar-refractivity contribution in [3.63, 3.8) is 0 Å². The van der Waals surface area contributed by atoms with Gasteiger partial charge in [0, 0.05) is 39.5 Å². The normalized spacial score (nSPS) is 11.5. The molecule has 0 radical (unpaired) electrons. The average Bonchev–Trinajstić information content (AvgIpc) is 2.10. The molecule has 0 unspecified atom stereocenters. The quantitative estimate of drug-likeness (QED) is 0.581. The van der Waals surface area contributed by atoms with Crippen LogP contribution in [0.1, 0.15) is 26.7 Å². The van der Waals surface area contributed by atoms with Crippen LogP contribution in [0.4, 0.5) is 0 Å². The Kier molecular flexibility index (Phi) is 8.40. The predicted octanol–water partition coefficient (Wildman–Crippen LogP) is 1.12. The van der Waals surface area contributed by atoms with E-state index < -0.39 is 0 Å². The molecule has 0 saturated carbocycles. The largest absolute Gasteiger partial charge is 0.396 e. The minimum Gasteiger partial charge on any atom is -0.396 e. The molecule has 3 nitrogen and oxygen atoms in total. The summed E-state index contributed by atoms with van der Waals surface area (Å²) in [6, 6.07) is 0.559. The molecule has 0 heterocycles. The van der Waals surface area contributed by atoms with Gasteiger partial charge in [0.25, 0.3) is 0 Å². The summed E-state index contributed by atoms with van der Waals surface area (Å²) in [4.78, 5) is 2.37. The molecule has 0 saturated heterocycles. The Bertz CT molecular complexity index is 107. The van der Waals surface area contributed by atoms with E-state index in [0.717, 1.165) is 32.5 Å². The summed E-state index contributed by atoms with van der Waals surface area (Å²) in [7, 11) is 1.73.